The van der Waals surface area contributed by atoms with Gasteiger partial charge in [-0.05, 0) is 31.9 Å². The lowest BCUT2D eigenvalue weighted by Crippen LogP contribution is -2.13. The predicted molar refractivity (Wildman–Crippen MR) is 103 cm³/mol. The molecule has 0 bridgehead atoms. The maximum absolute atomic E-state index is 12.0. The molecule has 3 rings (SSSR count). The van der Waals surface area contributed by atoms with Crippen molar-refractivity contribution < 1.29 is 4.79 Å². The minimum absolute atomic E-state index is 0.0616. The summed E-state index contributed by atoms with van der Waals surface area (Å²) < 4.78 is 0.899. The zero-order chi connectivity index (χ0) is 17.1. The number of rotatable bonds is 5. The molecule has 0 aliphatic heterocycles. The van der Waals surface area contributed by atoms with Crippen LogP contribution in [0.25, 0.3) is 11.3 Å². The molecule has 0 spiro atoms. The summed E-state index contributed by atoms with van der Waals surface area (Å²) in [5, 5.41) is 7.40. The van der Waals surface area contributed by atoms with E-state index in [1.54, 1.807) is 6.20 Å². The molecular formula is C17H17N3OS3. The van der Waals surface area contributed by atoms with Crippen LogP contribution in [0.2, 0.25) is 0 Å². The van der Waals surface area contributed by atoms with Crippen molar-refractivity contribution in [2.24, 2.45) is 0 Å². The second-order valence-corrected chi connectivity index (χ2v) is 8.42. The average Bonchev–Trinajstić information content (AvgIpc) is 3.16. The Bertz CT molecular complexity index is 833. The van der Waals surface area contributed by atoms with E-state index in [0.29, 0.717) is 10.9 Å². The highest BCUT2D eigenvalue weighted by molar-refractivity contribution is 8.01. The van der Waals surface area contributed by atoms with Gasteiger partial charge < -0.3 is 5.32 Å². The number of aryl methyl sites for hydroxylation is 3. The monoisotopic (exact) mass is 375 g/mol. The molecule has 2 heterocycles. The topological polar surface area (TPSA) is 54.9 Å². The first-order chi connectivity index (χ1) is 11.5. The number of hydrogen-bond donors (Lipinski definition) is 1. The molecule has 0 aliphatic carbocycles. The Hall–Kier alpha value is -1.70. The van der Waals surface area contributed by atoms with E-state index < -0.39 is 0 Å². The van der Waals surface area contributed by atoms with Gasteiger partial charge in [0, 0.05) is 22.5 Å². The molecule has 0 aliphatic rings. The number of benzene rings is 1. The molecule has 124 valence electrons. The van der Waals surface area contributed by atoms with Crippen LogP contribution >= 0.6 is 34.4 Å². The quantitative estimate of drug-likeness (QED) is 0.643. The maximum atomic E-state index is 12.0. The third kappa shape index (κ3) is 4.03. The summed E-state index contributed by atoms with van der Waals surface area (Å²) in [5.74, 6) is 0.277. The molecule has 4 nitrogen and oxygen atoms in total. The highest BCUT2D eigenvalue weighted by Crippen LogP contribution is 2.31. The molecule has 24 heavy (non-hydrogen) atoms. The molecule has 7 heteroatoms. The second kappa shape index (κ2) is 7.46. The second-order valence-electron chi connectivity index (χ2n) is 5.45. The predicted octanol–water partition coefficient (Wildman–Crippen LogP) is 4.92. The summed E-state index contributed by atoms with van der Waals surface area (Å²) in [6.45, 7) is 6.28. The fraction of sp³-hybridized carbons (Fsp3) is 0.235. The van der Waals surface area contributed by atoms with E-state index in [9.17, 15) is 4.79 Å². The Morgan fingerprint density at radius 2 is 1.96 bits per heavy atom. The van der Waals surface area contributed by atoms with E-state index in [-0.39, 0.29) is 5.91 Å². The lowest BCUT2D eigenvalue weighted by Gasteiger charge is -2.08. The summed E-state index contributed by atoms with van der Waals surface area (Å²) >= 11 is 4.42. The van der Waals surface area contributed by atoms with Gasteiger partial charge in [0.2, 0.25) is 5.91 Å². The van der Waals surface area contributed by atoms with Crippen LogP contribution in [0.1, 0.15) is 16.7 Å². The van der Waals surface area contributed by atoms with Crippen molar-refractivity contribution in [1.29, 1.82) is 0 Å². The lowest BCUT2D eigenvalue weighted by atomic mass is 9.98. The Labute approximate surface area is 153 Å². The molecule has 3 aromatic rings. The van der Waals surface area contributed by atoms with Gasteiger partial charge in [0.1, 0.15) is 4.34 Å². The highest BCUT2D eigenvalue weighted by atomic mass is 32.2. The van der Waals surface area contributed by atoms with Crippen LogP contribution in [0.4, 0.5) is 5.13 Å². The Balaban J connectivity index is 1.68. The number of nitrogens with one attached hydrogen (secondary N) is 1. The molecule has 0 radical (unpaired) electrons. The van der Waals surface area contributed by atoms with Crippen molar-refractivity contribution in [2.45, 2.75) is 25.1 Å². The van der Waals surface area contributed by atoms with E-state index >= 15 is 0 Å². The van der Waals surface area contributed by atoms with Crippen LogP contribution < -0.4 is 5.32 Å². The van der Waals surface area contributed by atoms with Gasteiger partial charge in [0.05, 0.1) is 11.4 Å². The summed E-state index contributed by atoms with van der Waals surface area (Å²) in [7, 11) is 0. The van der Waals surface area contributed by atoms with Gasteiger partial charge in [-0.1, -0.05) is 29.5 Å². The smallest absolute Gasteiger partial charge is 0.236 e. The molecule has 1 amide bonds. The van der Waals surface area contributed by atoms with Crippen LogP contribution in [0.15, 0.2) is 33.4 Å². The number of carbonyl (C=O) groups excluding carboxylic acids is 1. The molecule has 0 atom stereocenters. The van der Waals surface area contributed by atoms with Crippen LogP contribution in [0.3, 0.4) is 0 Å². The van der Waals surface area contributed by atoms with E-state index in [0.717, 1.165) is 15.6 Å². The third-order valence-corrected chi connectivity index (χ3v) is 6.14. The van der Waals surface area contributed by atoms with Crippen molar-refractivity contribution in [2.75, 3.05) is 11.1 Å². The Morgan fingerprint density at radius 3 is 2.62 bits per heavy atom. The first-order valence-corrected chi connectivity index (χ1v) is 10.1. The molecule has 0 saturated carbocycles. The van der Waals surface area contributed by atoms with Crippen molar-refractivity contribution >= 4 is 45.5 Å². The van der Waals surface area contributed by atoms with Crippen LogP contribution in [-0.4, -0.2) is 21.6 Å². The van der Waals surface area contributed by atoms with Gasteiger partial charge in [-0.2, -0.15) is 0 Å². The standard InChI is InChI=1S/C17H17N3OS3/c1-10-6-11(2)15(12(3)7-10)13-8-23-16(19-13)20-14(21)9-24-17-18-4-5-22-17/h4-8H,9H2,1-3H3,(H,19,20,21). The van der Waals surface area contributed by atoms with Gasteiger partial charge in [-0.3, -0.25) is 4.79 Å². The molecule has 0 unspecified atom stereocenters. The molecule has 0 fully saturated rings. The molecule has 1 N–H and O–H groups in total. The van der Waals surface area contributed by atoms with E-state index in [4.69, 9.17) is 0 Å². The van der Waals surface area contributed by atoms with Gasteiger partial charge in [0.25, 0.3) is 0 Å². The summed E-state index contributed by atoms with van der Waals surface area (Å²) in [4.78, 5) is 20.8. The highest BCUT2D eigenvalue weighted by Gasteiger charge is 2.12. The van der Waals surface area contributed by atoms with E-state index in [1.165, 1.54) is 51.1 Å². The average molecular weight is 376 g/mol. The SMILES string of the molecule is Cc1cc(C)c(-c2csc(NC(=O)CSc3nccs3)n2)c(C)c1. The van der Waals surface area contributed by atoms with Crippen LogP contribution in [-0.2, 0) is 4.79 Å². The van der Waals surface area contributed by atoms with Crippen molar-refractivity contribution in [3.63, 3.8) is 0 Å². The molecule has 0 saturated heterocycles. The number of carbonyl (C=O) groups is 1. The van der Waals surface area contributed by atoms with Gasteiger partial charge in [0.15, 0.2) is 5.13 Å². The van der Waals surface area contributed by atoms with Crippen molar-refractivity contribution in [3.05, 3.63) is 45.8 Å². The summed E-state index contributed by atoms with van der Waals surface area (Å²) in [6, 6.07) is 4.31. The number of amides is 1. The first-order valence-electron chi connectivity index (χ1n) is 7.39. The fourth-order valence-corrected chi connectivity index (χ4v) is 4.75. The summed E-state index contributed by atoms with van der Waals surface area (Å²) in [5.41, 5.74) is 5.72. The fourth-order valence-electron chi connectivity index (χ4n) is 2.59. The van der Waals surface area contributed by atoms with Gasteiger partial charge in [-0.15, -0.1) is 22.7 Å². The Morgan fingerprint density at radius 1 is 1.21 bits per heavy atom. The largest absolute Gasteiger partial charge is 0.301 e. The number of hydrogen-bond acceptors (Lipinski definition) is 6. The molecule has 1 aromatic carbocycles. The minimum atomic E-state index is -0.0616. The van der Waals surface area contributed by atoms with E-state index in [1.807, 2.05) is 10.8 Å². The number of thiazole rings is 2. The minimum Gasteiger partial charge on any atom is -0.301 e. The molecular weight excluding hydrogens is 358 g/mol. The zero-order valence-electron chi connectivity index (χ0n) is 13.6. The summed E-state index contributed by atoms with van der Waals surface area (Å²) in [6.07, 6.45) is 1.74. The van der Waals surface area contributed by atoms with Crippen LogP contribution in [0.5, 0.6) is 0 Å². The first kappa shape index (κ1) is 17.1. The number of anilines is 1. The molecule has 2 aromatic heterocycles. The number of aromatic nitrogens is 2. The zero-order valence-corrected chi connectivity index (χ0v) is 16.1. The number of thioether (sulfide) groups is 1. The normalized spacial score (nSPS) is 10.8. The van der Waals surface area contributed by atoms with Crippen molar-refractivity contribution in [1.82, 2.24) is 9.97 Å². The van der Waals surface area contributed by atoms with Gasteiger partial charge in [-0.25, -0.2) is 9.97 Å². The Kier molecular flexibility index (Phi) is 5.33. The third-order valence-electron chi connectivity index (χ3n) is 3.42. The van der Waals surface area contributed by atoms with E-state index in [2.05, 4.69) is 48.2 Å². The van der Waals surface area contributed by atoms with Crippen molar-refractivity contribution in [3.8, 4) is 11.3 Å². The lowest BCUT2D eigenvalue weighted by molar-refractivity contribution is -0.113. The maximum Gasteiger partial charge on any atom is 0.236 e. The van der Waals surface area contributed by atoms with Gasteiger partial charge >= 0.3 is 0 Å². The van der Waals surface area contributed by atoms with Crippen LogP contribution in [0, 0.1) is 20.8 Å². The number of nitrogens with zero attached hydrogens (tertiary/aromatic N) is 2.